The maximum atomic E-state index is 12.4. The van der Waals surface area contributed by atoms with E-state index >= 15 is 0 Å². The molecular formula is C18H20N2O3S. The van der Waals surface area contributed by atoms with Gasteiger partial charge in [-0.1, -0.05) is 24.3 Å². The van der Waals surface area contributed by atoms with Crippen LogP contribution < -0.4 is 5.32 Å². The van der Waals surface area contributed by atoms with Crippen LogP contribution in [0.1, 0.15) is 18.4 Å². The maximum Gasteiger partial charge on any atom is 0.320 e. The fourth-order valence-corrected chi connectivity index (χ4v) is 3.65. The lowest BCUT2D eigenvalue weighted by Crippen LogP contribution is -2.45. The van der Waals surface area contributed by atoms with E-state index in [0.29, 0.717) is 19.4 Å². The Balaban J connectivity index is 1.59. The highest BCUT2D eigenvalue weighted by Crippen LogP contribution is 2.23. The Morgan fingerprint density at radius 1 is 1.17 bits per heavy atom. The van der Waals surface area contributed by atoms with Gasteiger partial charge in [-0.05, 0) is 46.4 Å². The molecule has 1 aromatic heterocycles. The van der Waals surface area contributed by atoms with Crippen LogP contribution in [0.15, 0.2) is 41.1 Å². The number of aliphatic carboxylic acids is 1. The predicted octanol–water partition coefficient (Wildman–Crippen LogP) is 2.58. The summed E-state index contributed by atoms with van der Waals surface area (Å²) in [6, 6.07) is 9.24. The van der Waals surface area contributed by atoms with Crippen molar-refractivity contribution in [1.29, 1.82) is 0 Å². The molecule has 2 aromatic rings. The third kappa shape index (κ3) is 3.66. The normalized spacial score (nSPS) is 20.0. The zero-order valence-corrected chi connectivity index (χ0v) is 14.3. The molecule has 3 rings (SSSR count). The van der Waals surface area contributed by atoms with Crippen LogP contribution in [0.5, 0.6) is 0 Å². The van der Waals surface area contributed by atoms with Gasteiger partial charge in [0.05, 0.1) is 6.04 Å². The van der Waals surface area contributed by atoms with Crippen molar-refractivity contribution < 1.29 is 14.7 Å². The molecule has 5 nitrogen and oxygen atoms in total. The highest BCUT2D eigenvalue weighted by Gasteiger charge is 2.34. The van der Waals surface area contributed by atoms with E-state index in [1.807, 2.05) is 12.1 Å². The first-order valence-corrected chi connectivity index (χ1v) is 8.84. The van der Waals surface area contributed by atoms with E-state index in [4.69, 9.17) is 5.11 Å². The van der Waals surface area contributed by atoms with E-state index in [1.54, 1.807) is 23.3 Å². The van der Waals surface area contributed by atoms with E-state index < -0.39 is 18.1 Å². The molecule has 0 aliphatic carbocycles. The number of amides is 1. The van der Waals surface area contributed by atoms with Gasteiger partial charge < -0.3 is 10.0 Å². The molecule has 2 heterocycles. The standard InChI is InChI=1S/C18H20N2O3S/c1-20(17(21)15-6-7-16(19-15)18(22)23)10-12-2-4-13(5-3-12)14-8-9-24-11-14/h2-5,8-9,11,15-16,19H,6-7,10H2,1H3,(H,22,23)/t15-,16+/m0/s1. The molecule has 0 spiro atoms. The topological polar surface area (TPSA) is 69.6 Å². The molecule has 1 aliphatic heterocycles. The molecule has 0 saturated carbocycles. The molecular weight excluding hydrogens is 324 g/mol. The lowest BCUT2D eigenvalue weighted by molar-refractivity contribution is -0.139. The SMILES string of the molecule is CN(Cc1ccc(-c2ccsc2)cc1)C(=O)[C@@H]1CC[C@H](C(=O)O)N1. The Morgan fingerprint density at radius 2 is 1.88 bits per heavy atom. The summed E-state index contributed by atoms with van der Waals surface area (Å²) >= 11 is 1.67. The maximum absolute atomic E-state index is 12.4. The molecule has 0 bridgehead atoms. The van der Waals surface area contributed by atoms with Gasteiger partial charge >= 0.3 is 5.97 Å². The average Bonchev–Trinajstić information content (AvgIpc) is 3.26. The van der Waals surface area contributed by atoms with Gasteiger partial charge in [-0.3, -0.25) is 14.9 Å². The average molecular weight is 344 g/mol. The zero-order chi connectivity index (χ0) is 17.1. The van der Waals surface area contributed by atoms with Gasteiger partial charge in [0.25, 0.3) is 0 Å². The van der Waals surface area contributed by atoms with Crippen LogP contribution >= 0.6 is 11.3 Å². The number of rotatable bonds is 5. The lowest BCUT2D eigenvalue weighted by Gasteiger charge is -2.21. The summed E-state index contributed by atoms with van der Waals surface area (Å²) < 4.78 is 0. The molecule has 0 unspecified atom stereocenters. The van der Waals surface area contributed by atoms with E-state index in [0.717, 1.165) is 11.1 Å². The van der Waals surface area contributed by atoms with Crippen molar-refractivity contribution in [3.05, 3.63) is 46.7 Å². The molecule has 126 valence electrons. The van der Waals surface area contributed by atoms with Crippen LogP contribution in [0.2, 0.25) is 0 Å². The van der Waals surface area contributed by atoms with Gasteiger partial charge in [0.15, 0.2) is 0 Å². The number of carboxylic acid groups (broad SMARTS) is 1. The molecule has 0 radical (unpaired) electrons. The van der Waals surface area contributed by atoms with E-state index in [2.05, 4.69) is 34.3 Å². The fourth-order valence-electron chi connectivity index (χ4n) is 2.98. The molecule has 2 atom stereocenters. The van der Waals surface area contributed by atoms with Gasteiger partial charge in [0.2, 0.25) is 5.91 Å². The fraction of sp³-hybridized carbons (Fsp3) is 0.333. The quantitative estimate of drug-likeness (QED) is 0.875. The summed E-state index contributed by atoms with van der Waals surface area (Å²) in [6.07, 6.45) is 1.06. The lowest BCUT2D eigenvalue weighted by atomic mass is 10.1. The van der Waals surface area contributed by atoms with Crippen molar-refractivity contribution in [1.82, 2.24) is 10.2 Å². The molecule has 1 aromatic carbocycles. The summed E-state index contributed by atoms with van der Waals surface area (Å²) in [7, 11) is 1.75. The van der Waals surface area contributed by atoms with Crippen LogP contribution in [-0.2, 0) is 16.1 Å². The molecule has 1 fully saturated rings. The van der Waals surface area contributed by atoms with Crippen LogP contribution in [0.3, 0.4) is 0 Å². The zero-order valence-electron chi connectivity index (χ0n) is 13.4. The van der Waals surface area contributed by atoms with Gasteiger partial charge in [0, 0.05) is 13.6 Å². The number of nitrogens with one attached hydrogen (secondary N) is 1. The third-order valence-corrected chi connectivity index (χ3v) is 5.03. The van der Waals surface area contributed by atoms with Gasteiger partial charge in [-0.2, -0.15) is 11.3 Å². The number of likely N-dealkylation sites (N-methyl/N-ethyl adjacent to an activating group) is 1. The minimum atomic E-state index is -0.892. The third-order valence-electron chi connectivity index (χ3n) is 4.35. The molecule has 1 amide bonds. The van der Waals surface area contributed by atoms with Gasteiger partial charge in [-0.15, -0.1) is 0 Å². The van der Waals surface area contributed by atoms with Crippen molar-refractivity contribution in [3.8, 4) is 11.1 Å². The van der Waals surface area contributed by atoms with Gasteiger partial charge in [-0.25, -0.2) is 0 Å². The number of hydrogen-bond acceptors (Lipinski definition) is 4. The summed E-state index contributed by atoms with van der Waals surface area (Å²) in [5, 5.41) is 16.1. The molecule has 2 N–H and O–H groups in total. The van der Waals surface area contributed by atoms with Crippen molar-refractivity contribution in [2.24, 2.45) is 0 Å². The van der Waals surface area contributed by atoms with Crippen LogP contribution in [0.4, 0.5) is 0 Å². The Bertz CT molecular complexity index is 712. The predicted molar refractivity (Wildman–Crippen MR) is 93.8 cm³/mol. The summed E-state index contributed by atoms with van der Waals surface area (Å²) in [5.74, 6) is -0.947. The minimum Gasteiger partial charge on any atom is -0.480 e. The first-order chi connectivity index (χ1) is 11.5. The monoisotopic (exact) mass is 344 g/mol. The van der Waals surface area contributed by atoms with Crippen molar-refractivity contribution >= 4 is 23.2 Å². The first-order valence-electron chi connectivity index (χ1n) is 7.90. The van der Waals surface area contributed by atoms with E-state index in [9.17, 15) is 9.59 Å². The summed E-state index contributed by atoms with van der Waals surface area (Å²) in [6.45, 7) is 0.513. The van der Waals surface area contributed by atoms with Crippen LogP contribution in [-0.4, -0.2) is 41.0 Å². The van der Waals surface area contributed by atoms with Crippen molar-refractivity contribution in [2.75, 3.05) is 7.05 Å². The number of benzene rings is 1. The second kappa shape index (κ2) is 7.15. The van der Waals surface area contributed by atoms with Crippen LogP contribution in [0.25, 0.3) is 11.1 Å². The number of carboxylic acids is 1. The highest BCUT2D eigenvalue weighted by atomic mass is 32.1. The Labute approximate surface area is 144 Å². The number of thiophene rings is 1. The summed E-state index contributed by atoms with van der Waals surface area (Å²) in [4.78, 5) is 25.1. The van der Waals surface area contributed by atoms with E-state index in [1.165, 1.54) is 5.56 Å². The summed E-state index contributed by atoms with van der Waals surface area (Å²) in [5.41, 5.74) is 3.42. The molecule has 1 saturated heterocycles. The molecule has 24 heavy (non-hydrogen) atoms. The number of carbonyl (C=O) groups excluding carboxylic acids is 1. The number of nitrogens with zero attached hydrogens (tertiary/aromatic N) is 1. The first kappa shape index (κ1) is 16.7. The van der Waals surface area contributed by atoms with Crippen molar-refractivity contribution in [2.45, 2.75) is 31.5 Å². The highest BCUT2D eigenvalue weighted by molar-refractivity contribution is 7.08. The number of hydrogen-bond donors (Lipinski definition) is 2. The number of carbonyl (C=O) groups is 2. The second-order valence-electron chi connectivity index (χ2n) is 6.09. The Kier molecular flexibility index (Phi) is 4.97. The second-order valence-corrected chi connectivity index (χ2v) is 6.87. The minimum absolute atomic E-state index is 0.0549. The Morgan fingerprint density at radius 3 is 2.46 bits per heavy atom. The molecule has 1 aliphatic rings. The van der Waals surface area contributed by atoms with E-state index in [-0.39, 0.29) is 5.91 Å². The molecule has 6 heteroatoms. The van der Waals surface area contributed by atoms with Crippen LogP contribution in [0, 0.1) is 0 Å². The van der Waals surface area contributed by atoms with Gasteiger partial charge in [0.1, 0.15) is 6.04 Å². The smallest absolute Gasteiger partial charge is 0.320 e. The largest absolute Gasteiger partial charge is 0.480 e. The van der Waals surface area contributed by atoms with Crippen molar-refractivity contribution in [3.63, 3.8) is 0 Å². The Hall–Kier alpha value is -2.18.